The molecular formula is C35H47Cl3N4O4. The van der Waals surface area contributed by atoms with E-state index in [1.54, 1.807) is 18.2 Å². The Balaban J connectivity index is 1.45. The zero-order chi connectivity index (χ0) is 33.3. The first-order valence-electron chi connectivity index (χ1n) is 16.6. The molecule has 0 aliphatic rings. The number of aromatic nitrogens is 2. The molecule has 3 rings (SSSR count). The van der Waals surface area contributed by atoms with Gasteiger partial charge < -0.3 is 15.4 Å². The molecule has 0 bridgehead atoms. The summed E-state index contributed by atoms with van der Waals surface area (Å²) in [5.74, 6) is -0.471. The largest absolute Gasteiger partial charge is 0.462 e. The first-order chi connectivity index (χ1) is 22.2. The molecule has 0 atom stereocenters. The highest BCUT2D eigenvalue weighted by molar-refractivity contribution is 6.38. The summed E-state index contributed by atoms with van der Waals surface area (Å²) in [6, 6.07) is 8.96. The first kappa shape index (κ1) is 37.5. The predicted molar refractivity (Wildman–Crippen MR) is 190 cm³/mol. The number of esters is 1. The van der Waals surface area contributed by atoms with Crippen molar-refractivity contribution in [2.75, 3.05) is 18.5 Å². The van der Waals surface area contributed by atoms with Crippen LogP contribution in [0.5, 0.6) is 0 Å². The normalized spacial score (nSPS) is 11.1. The lowest BCUT2D eigenvalue weighted by molar-refractivity contribution is 0.0497. The van der Waals surface area contributed by atoms with Crippen molar-refractivity contribution in [3.05, 3.63) is 72.9 Å². The zero-order valence-corrected chi connectivity index (χ0v) is 29.3. The van der Waals surface area contributed by atoms with Crippen LogP contribution in [0.15, 0.2) is 41.2 Å². The number of ether oxygens (including phenoxy) is 1. The molecule has 0 spiro atoms. The SMILES string of the molecule is CCCCCCCCCCCCCCCCOC(=O)c1cc(Cl)c(-n2[nH]c(Nc3cc(C(=O)NCC)ccc3Cl)cc2=O)c(Cl)c1. The standard InChI is InChI=1S/C35H47Cl3N4O4/c1-3-5-6-7-8-9-10-11-12-13-14-15-16-17-20-46-35(45)26-21-28(37)33(29(38)22-26)42-32(43)24-31(41-42)40-30-23-25(18-19-27(30)36)34(44)39-4-2/h18-19,21-24,40-41H,3-17,20H2,1-2H3,(H,39,44). The molecule has 8 nitrogen and oxygen atoms in total. The number of rotatable bonds is 21. The van der Waals surface area contributed by atoms with Crippen molar-refractivity contribution >= 4 is 58.2 Å². The Bertz CT molecular complexity index is 1450. The monoisotopic (exact) mass is 692 g/mol. The molecule has 0 saturated carbocycles. The Morgan fingerprint density at radius 3 is 1.87 bits per heavy atom. The van der Waals surface area contributed by atoms with E-state index >= 15 is 0 Å². The van der Waals surface area contributed by atoms with Gasteiger partial charge in [-0.1, -0.05) is 125 Å². The number of carbonyl (C=O) groups is 2. The summed E-state index contributed by atoms with van der Waals surface area (Å²) in [6.45, 7) is 4.89. The Labute approximate surface area is 287 Å². The average molecular weight is 694 g/mol. The topological polar surface area (TPSA) is 105 Å². The number of benzene rings is 2. The highest BCUT2D eigenvalue weighted by atomic mass is 35.5. The molecule has 1 amide bonds. The van der Waals surface area contributed by atoms with Crippen molar-refractivity contribution in [1.82, 2.24) is 15.1 Å². The summed E-state index contributed by atoms with van der Waals surface area (Å²) in [7, 11) is 0. The summed E-state index contributed by atoms with van der Waals surface area (Å²) in [4.78, 5) is 37.8. The lowest BCUT2D eigenvalue weighted by Crippen LogP contribution is -2.22. The molecule has 11 heteroatoms. The number of halogens is 3. The molecule has 0 aliphatic heterocycles. The number of unbranched alkanes of at least 4 members (excludes halogenated alkanes) is 13. The van der Waals surface area contributed by atoms with E-state index in [4.69, 9.17) is 39.5 Å². The van der Waals surface area contributed by atoms with Crippen LogP contribution in [0.3, 0.4) is 0 Å². The van der Waals surface area contributed by atoms with Crippen molar-refractivity contribution in [2.24, 2.45) is 0 Å². The number of nitrogens with zero attached hydrogens (tertiary/aromatic N) is 1. The Hall–Kier alpha value is -2.94. The highest BCUT2D eigenvalue weighted by Crippen LogP contribution is 2.31. The number of anilines is 2. The highest BCUT2D eigenvalue weighted by Gasteiger charge is 2.18. The minimum atomic E-state index is -0.520. The number of nitrogens with one attached hydrogen (secondary N) is 3. The van der Waals surface area contributed by atoms with Crippen molar-refractivity contribution in [2.45, 2.75) is 104 Å². The number of hydrogen-bond acceptors (Lipinski definition) is 5. The van der Waals surface area contributed by atoms with Gasteiger partial charge in [-0.25, -0.2) is 9.48 Å². The smallest absolute Gasteiger partial charge is 0.338 e. The molecule has 0 saturated heterocycles. The summed E-state index contributed by atoms with van der Waals surface area (Å²) < 4.78 is 6.62. The van der Waals surface area contributed by atoms with E-state index < -0.39 is 11.5 Å². The van der Waals surface area contributed by atoms with Gasteiger partial charge in [-0.2, -0.15) is 0 Å². The second-order valence-electron chi connectivity index (χ2n) is 11.5. The molecule has 0 radical (unpaired) electrons. The minimum Gasteiger partial charge on any atom is -0.462 e. The van der Waals surface area contributed by atoms with Gasteiger partial charge in [-0.15, -0.1) is 0 Å². The number of carbonyl (C=O) groups excluding carboxylic acids is 2. The third-order valence-electron chi connectivity index (χ3n) is 7.76. The van der Waals surface area contributed by atoms with Crippen LogP contribution < -0.4 is 16.2 Å². The fraction of sp³-hybridized carbons (Fsp3) is 0.514. The van der Waals surface area contributed by atoms with E-state index in [-0.39, 0.29) is 27.2 Å². The molecule has 3 aromatic rings. The van der Waals surface area contributed by atoms with Gasteiger partial charge in [-0.05, 0) is 43.7 Å². The summed E-state index contributed by atoms with van der Waals surface area (Å²) in [6.07, 6.45) is 17.6. The third kappa shape index (κ3) is 12.0. The number of amides is 1. The quantitative estimate of drug-likeness (QED) is 0.0761. The van der Waals surface area contributed by atoms with Crippen molar-refractivity contribution < 1.29 is 14.3 Å². The van der Waals surface area contributed by atoms with Crippen molar-refractivity contribution in [3.8, 4) is 5.69 Å². The van der Waals surface area contributed by atoms with Crippen LogP contribution in [-0.2, 0) is 4.74 Å². The maximum atomic E-state index is 12.9. The van der Waals surface area contributed by atoms with Crippen LogP contribution in [0.1, 0.15) is 124 Å². The Morgan fingerprint density at radius 1 is 0.739 bits per heavy atom. The van der Waals surface area contributed by atoms with E-state index in [1.807, 2.05) is 6.92 Å². The van der Waals surface area contributed by atoms with Crippen LogP contribution in [0, 0.1) is 0 Å². The first-order valence-corrected chi connectivity index (χ1v) is 17.7. The van der Waals surface area contributed by atoms with Gasteiger partial charge in [-0.3, -0.25) is 14.7 Å². The van der Waals surface area contributed by atoms with Gasteiger partial charge in [0.05, 0.1) is 32.9 Å². The minimum absolute atomic E-state index is 0.0997. The van der Waals surface area contributed by atoms with Crippen LogP contribution in [0.2, 0.25) is 15.1 Å². The molecule has 252 valence electrons. The fourth-order valence-corrected chi connectivity index (χ4v) is 6.06. The molecule has 0 fully saturated rings. The van der Waals surface area contributed by atoms with Gasteiger partial charge in [0.25, 0.3) is 11.5 Å². The zero-order valence-electron chi connectivity index (χ0n) is 27.0. The van der Waals surface area contributed by atoms with E-state index in [1.165, 1.54) is 88.8 Å². The van der Waals surface area contributed by atoms with Crippen molar-refractivity contribution in [1.29, 1.82) is 0 Å². The molecular weight excluding hydrogens is 647 g/mol. The van der Waals surface area contributed by atoms with Crippen LogP contribution in [0.25, 0.3) is 5.69 Å². The second-order valence-corrected chi connectivity index (χ2v) is 12.8. The molecule has 2 aromatic carbocycles. The maximum absolute atomic E-state index is 12.9. The van der Waals surface area contributed by atoms with Crippen molar-refractivity contribution in [3.63, 3.8) is 0 Å². The van der Waals surface area contributed by atoms with Gasteiger partial charge in [0.2, 0.25) is 0 Å². The summed E-state index contributed by atoms with van der Waals surface area (Å²) in [5.41, 5.74) is 0.778. The predicted octanol–water partition coefficient (Wildman–Crippen LogP) is 10.3. The molecule has 46 heavy (non-hydrogen) atoms. The Kier molecular flexibility index (Phi) is 16.6. The van der Waals surface area contributed by atoms with Gasteiger partial charge in [0, 0.05) is 18.2 Å². The van der Waals surface area contributed by atoms with Crippen LogP contribution in [0.4, 0.5) is 11.5 Å². The number of hydrogen-bond donors (Lipinski definition) is 3. The van der Waals surface area contributed by atoms with Gasteiger partial charge >= 0.3 is 5.97 Å². The molecule has 3 N–H and O–H groups in total. The average Bonchev–Trinajstić information content (AvgIpc) is 3.38. The summed E-state index contributed by atoms with van der Waals surface area (Å²) >= 11 is 19.3. The van der Waals surface area contributed by atoms with Gasteiger partial charge in [0.1, 0.15) is 11.5 Å². The number of H-pyrrole nitrogens is 1. The van der Waals surface area contributed by atoms with Gasteiger partial charge in [0.15, 0.2) is 0 Å². The lowest BCUT2D eigenvalue weighted by atomic mass is 10.0. The molecule has 0 aliphatic carbocycles. The maximum Gasteiger partial charge on any atom is 0.338 e. The number of aromatic amines is 1. The molecule has 0 unspecified atom stereocenters. The summed E-state index contributed by atoms with van der Waals surface area (Å²) in [5, 5.41) is 9.22. The van der Waals surface area contributed by atoms with E-state index in [2.05, 4.69) is 22.7 Å². The van der Waals surface area contributed by atoms with E-state index in [9.17, 15) is 14.4 Å². The third-order valence-corrected chi connectivity index (χ3v) is 8.67. The molecule has 1 heterocycles. The lowest BCUT2D eigenvalue weighted by Gasteiger charge is -2.11. The fourth-order valence-electron chi connectivity index (χ4n) is 5.24. The van der Waals surface area contributed by atoms with Crippen LogP contribution >= 0.6 is 34.8 Å². The van der Waals surface area contributed by atoms with Crippen LogP contribution in [-0.4, -0.2) is 34.8 Å². The van der Waals surface area contributed by atoms with E-state index in [0.717, 1.165) is 23.9 Å². The Morgan fingerprint density at radius 2 is 1.30 bits per heavy atom. The second kappa shape index (κ2) is 20.3. The van der Waals surface area contributed by atoms with E-state index in [0.29, 0.717) is 35.2 Å². The molecule has 1 aromatic heterocycles.